The molecule has 14 heavy (non-hydrogen) atoms. The van der Waals surface area contributed by atoms with Crippen molar-refractivity contribution in [3.8, 4) is 11.8 Å². The van der Waals surface area contributed by atoms with E-state index in [0.29, 0.717) is 0 Å². The van der Waals surface area contributed by atoms with E-state index in [1.165, 1.54) is 13.2 Å². The second-order valence-electron chi connectivity index (χ2n) is 2.42. The molecule has 0 bridgehead atoms. The first-order chi connectivity index (χ1) is 6.49. The predicted octanol–water partition coefficient (Wildman–Crippen LogP) is 1.23. The van der Waals surface area contributed by atoms with Crippen LogP contribution in [0, 0.1) is 11.3 Å². The van der Waals surface area contributed by atoms with Crippen LogP contribution < -0.4 is 4.74 Å². The summed E-state index contributed by atoms with van der Waals surface area (Å²) in [7, 11) is -3.61. The van der Waals surface area contributed by atoms with E-state index < -0.39 is 15.1 Å². The molecule has 0 aromatic heterocycles. The van der Waals surface area contributed by atoms with Gasteiger partial charge in [-0.05, 0) is 18.2 Å². The highest BCUT2D eigenvalue weighted by molar-refractivity contribution is 7.86. The van der Waals surface area contributed by atoms with Crippen LogP contribution in [0.3, 0.4) is 0 Å². The van der Waals surface area contributed by atoms with Crippen molar-refractivity contribution in [2.24, 2.45) is 0 Å². The lowest BCUT2D eigenvalue weighted by molar-refractivity contribution is 0.401. The first-order valence-corrected chi connectivity index (χ1v) is 4.90. The predicted molar refractivity (Wildman–Crippen MR) is 46.0 cm³/mol. The number of nitrogens with zero attached hydrogens (tertiary/aromatic N) is 1. The SMILES string of the molecule is COc1cc(C#N)ccc1S(=O)(=O)F. The summed E-state index contributed by atoms with van der Waals surface area (Å²) in [6, 6.07) is 5.14. The third-order valence-corrected chi connectivity index (χ3v) is 2.42. The summed E-state index contributed by atoms with van der Waals surface area (Å²) in [5.74, 6) is -0.174. The van der Waals surface area contributed by atoms with Crippen molar-refractivity contribution in [2.45, 2.75) is 4.90 Å². The minimum Gasteiger partial charge on any atom is -0.495 e. The minimum absolute atomic E-state index is 0.174. The van der Waals surface area contributed by atoms with Gasteiger partial charge in [0.15, 0.2) is 0 Å². The molecule has 0 fully saturated rings. The largest absolute Gasteiger partial charge is 0.495 e. The molecule has 0 aliphatic carbocycles. The Kier molecular flexibility index (Phi) is 2.72. The standard InChI is InChI=1S/C8H6FNO3S/c1-13-7-4-6(5-10)2-3-8(7)14(9,11)12/h2-4H,1H3. The van der Waals surface area contributed by atoms with Gasteiger partial charge in [0.2, 0.25) is 0 Å². The van der Waals surface area contributed by atoms with E-state index in [4.69, 9.17) is 5.26 Å². The van der Waals surface area contributed by atoms with Gasteiger partial charge in [-0.3, -0.25) is 0 Å². The molecule has 1 aromatic carbocycles. The molecule has 4 nitrogen and oxygen atoms in total. The number of ether oxygens (including phenoxy) is 1. The topological polar surface area (TPSA) is 67.2 Å². The van der Waals surface area contributed by atoms with Gasteiger partial charge in [-0.2, -0.15) is 13.7 Å². The highest BCUT2D eigenvalue weighted by Crippen LogP contribution is 2.26. The van der Waals surface area contributed by atoms with Crippen molar-refractivity contribution in [1.82, 2.24) is 0 Å². The van der Waals surface area contributed by atoms with Crippen molar-refractivity contribution < 1.29 is 17.0 Å². The Hall–Kier alpha value is -1.61. The van der Waals surface area contributed by atoms with Gasteiger partial charge >= 0.3 is 10.2 Å². The molecule has 0 saturated carbocycles. The van der Waals surface area contributed by atoms with E-state index in [0.717, 1.165) is 12.1 Å². The molecular weight excluding hydrogens is 209 g/mol. The molecule has 0 aliphatic heterocycles. The van der Waals surface area contributed by atoms with Crippen molar-refractivity contribution in [1.29, 1.82) is 5.26 Å². The molecule has 0 atom stereocenters. The van der Waals surface area contributed by atoms with Gasteiger partial charge in [0.25, 0.3) is 0 Å². The monoisotopic (exact) mass is 215 g/mol. The minimum atomic E-state index is -4.80. The second kappa shape index (κ2) is 3.64. The lowest BCUT2D eigenvalue weighted by atomic mass is 10.2. The average molecular weight is 215 g/mol. The molecule has 0 amide bonds. The lowest BCUT2D eigenvalue weighted by Crippen LogP contribution is -1.97. The van der Waals surface area contributed by atoms with Gasteiger partial charge in [-0.15, -0.1) is 3.89 Å². The summed E-state index contributed by atoms with van der Waals surface area (Å²) in [5, 5.41) is 8.50. The van der Waals surface area contributed by atoms with E-state index in [1.54, 1.807) is 6.07 Å². The first kappa shape index (κ1) is 10.5. The fourth-order valence-electron chi connectivity index (χ4n) is 0.939. The normalized spacial score (nSPS) is 10.6. The Morgan fingerprint density at radius 3 is 2.57 bits per heavy atom. The van der Waals surface area contributed by atoms with E-state index in [9.17, 15) is 12.3 Å². The van der Waals surface area contributed by atoms with Crippen LogP contribution in [0.5, 0.6) is 5.75 Å². The highest BCUT2D eigenvalue weighted by atomic mass is 32.3. The molecule has 1 aromatic rings. The summed E-state index contributed by atoms with van der Waals surface area (Å²) in [4.78, 5) is -0.570. The number of hydrogen-bond acceptors (Lipinski definition) is 4. The third kappa shape index (κ3) is 2.00. The van der Waals surface area contributed by atoms with Gasteiger partial charge in [-0.25, -0.2) is 0 Å². The number of hydrogen-bond donors (Lipinski definition) is 0. The summed E-state index contributed by atoms with van der Waals surface area (Å²) in [6.45, 7) is 0. The van der Waals surface area contributed by atoms with Crippen molar-refractivity contribution >= 4 is 10.2 Å². The van der Waals surface area contributed by atoms with Gasteiger partial charge in [0.05, 0.1) is 18.7 Å². The van der Waals surface area contributed by atoms with Gasteiger partial charge in [-0.1, -0.05) is 0 Å². The molecule has 0 N–H and O–H groups in total. The molecule has 1 rings (SSSR count). The van der Waals surface area contributed by atoms with E-state index in [2.05, 4.69) is 4.74 Å². The molecular formula is C8H6FNO3S. The zero-order valence-corrected chi connectivity index (χ0v) is 8.01. The maximum Gasteiger partial charge on any atom is 0.335 e. The van der Waals surface area contributed by atoms with Gasteiger partial charge in [0, 0.05) is 0 Å². The quantitative estimate of drug-likeness (QED) is 0.696. The van der Waals surface area contributed by atoms with Crippen molar-refractivity contribution in [2.75, 3.05) is 7.11 Å². The molecule has 0 saturated heterocycles. The number of nitriles is 1. The fourth-order valence-corrected chi connectivity index (χ4v) is 1.55. The van der Waals surface area contributed by atoms with E-state index in [1.807, 2.05) is 0 Å². The van der Waals surface area contributed by atoms with E-state index >= 15 is 0 Å². The van der Waals surface area contributed by atoms with Crippen LogP contribution in [-0.4, -0.2) is 15.5 Å². The molecule has 0 unspecified atom stereocenters. The maximum absolute atomic E-state index is 12.6. The fraction of sp³-hybridized carbons (Fsp3) is 0.125. The Bertz CT molecular complexity index is 490. The number of rotatable bonds is 2. The summed E-state index contributed by atoms with van der Waals surface area (Å²) < 4.78 is 38.4. The number of halogens is 1. The van der Waals surface area contributed by atoms with Gasteiger partial charge in [0.1, 0.15) is 10.6 Å². The Morgan fingerprint density at radius 1 is 1.50 bits per heavy atom. The van der Waals surface area contributed by atoms with Crippen LogP contribution in [0.2, 0.25) is 0 Å². The number of benzene rings is 1. The Morgan fingerprint density at radius 2 is 2.14 bits per heavy atom. The smallest absolute Gasteiger partial charge is 0.335 e. The van der Waals surface area contributed by atoms with Crippen molar-refractivity contribution in [3.05, 3.63) is 23.8 Å². The zero-order valence-electron chi connectivity index (χ0n) is 7.19. The lowest BCUT2D eigenvalue weighted by Gasteiger charge is -2.03. The summed E-state index contributed by atoms with van der Waals surface area (Å²) in [5.41, 5.74) is 0.203. The molecule has 0 spiro atoms. The summed E-state index contributed by atoms with van der Waals surface area (Å²) in [6.07, 6.45) is 0. The van der Waals surface area contributed by atoms with Gasteiger partial charge < -0.3 is 4.74 Å². The molecule has 0 heterocycles. The maximum atomic E-state index is 12.6. The van der Waals surface area contributed by atoms with Crippen LogP contribution in [-0.2, 0) is 10.2 Å². The van der Waals surface area contributed by atoms with Crippen LogP contribution >= 0.6 is 0 Å². The molecule has 0 aliphatic rings. The van der Waals surface area contributed by atoms with Crippen LogP contribution in [0.1, 0.15) is 5.56 Å². The number of methoxy groups -OCH3 is 1. The highest BCUT2D eigenvalue weighted by Gasteiger charge is 2.18. The molecule has 0 radical (unpaired) electrons. The Labute approximate surface area is 80.8 Å². The molecule has 74 valence electrons. The van der Waals surface area contributed by atoms with E-state index in [-0.39, 0.29) is 11.3 Å². The van der Waals surface area contributed by atoms with Crippen LogP contribution in [0.15, 0.2) is 23.1 Å². The van der Waals surface area contributed by atoms with Crippen LogP contribution in [0.4, 0.5) is 3.89 Å². The zero-order chi connectivity index (χ0) is 10.8. The summed E-state index contributed by atoms with van der Waals surface area (Å²) >= 11 is 0. The average Bonchev–Trinajstić information content (AvgIpc) is 2.15. The van der Waals surface area contributed by atoms with Crippen LogP contribution in [0.25, 0.3) is 0 Å². The van der Waals surface area contributed by atoms with Crippen molar-refractivity contribution in [3.63, 3.8) is 0 Å². The molecule has 6 heteroatoms. The first-order valence-electron chi connectivity index (χ1n) is 3.52. The second-order valence-corrected chi connectivity index (χ2v) is 3.73. The third-order valence-electron chi connectivity index (χ3n) is 1.56. The Balaban J connectivity index is 3.42.